The van der Waals surface area contributed by atoms with E-state index in [1.807, 2.05) is 0 Å². The molecule has 1 amide bonds. The van der Waals surface area contributed by atoms with Crippen LogP contribution in [0.15, 0.2) is 16.9 Å². The van der Waals surface area contributed by atoms with Crippen LogP contribution in [0.5, 0.6) is 0 Å². The lowest BCUT2D eigenvalue weighted by molar-refractivity contribution is -0.0110. The van der Waals surface area contributed by atoms with E-state index >= 15 is 0 Å². The number of aromatic amines is 1. The molecule has 92 valence electrons. The summed E-state index contributed by atoms with van der Waals surface area (Å²) in [4.78, 5) is 24.5. The Kier molecular flexibility index (Phi) is 3.75. The number of nitrogens with one attached hydrogen (secondary N) is 1. The SMILES string of the molecule is O=C(c1ccc(=O)[nH]n1)N1CCOC(CCl)C1. The molecule has 0 aromatic carbocycles. The van der Waals surface area contributed by atoms with Crippen molar-refractivity contribution in [3.63, 3.8) is 0 Å². The predicted molar refractivity (Wildman–Crippen MR) is 61.2 cm³/mol. The second kappa shape index (κ2) is 5.29. The van der Waals surface area contributed by atoms with E-state index in [4.69, 9.17) is 16.3 Å². The number of ether oxygens (including phenoxy) is 1. The molecule has 1 aromatic rings. The van der Waals surface area contributed by atoms with E-state index in [9.17, 15) is 9.59 Å². The molecule has 1 aliphatic heterocycles. The molecule has 2 rings (SSSR count). The molecule has 17 heavy (non-hydrogen) atoms. The van der Waals surface area contributed by atoms with Gasteiger partial charge in [-0.1, -0.05) is 0 Å². The zero-order chi connectivity index (χ0) is 12.3. The number of amides is 1. The Morgan fingerprint density at radius 2 is 2.47 bits per heavy atom. The van der Waals surface area contributed by atoms with Crippen LogP contribution in [0.25, 0.3) is 0 Å². The molecule has 1 fully saturated rings. The molecule has 0 radical (unpaired) electrons. The second-order valence-corrected chi connectivity index (χ2v) is 4.01. The molecule has 0 saturated carbocycles. The highest BCUT2D eigenvalue weighted by Crippen LogP contribution is 2.09. The Morgan fingerprint density at radius 3 is 3.12 bits per heavy atom. The Balaban J connectivity index is 2.09. The standard InChI is InChI=1S/C10H12ClN3O3/c11-5-7-6-14(3-4-17-7)10(16)8-1-2-9(15)13-12-8/h1-2,7H,3-6H2,(H,13,15). The molecule has 1 aliphatic rings. The van der Waals surface area contributed by atoms with Crippen LogP contribution in [0.1, 0.15) is 10.5 Å². The lowest BCUT2D eigenvalue weighted by atomic mass is 10.2. The summed E-state index contributed by atoms with van der Waals surface area (Å²) in [6.45, 7) is 1.42. The predicted octanol–water partition coefficient (Wildman–Crippen LogP) is -0.150. The fourth-order valence-electron chi connectivity index (χ4n) is 1.62. The zero-order valence-corrected chi connectivity index (χ0v) is 9.81. The minimum atomic E-state index is -0.331. The minimum absolute atomic E-state index is 0.142. The van der Waals surface area contributed by atoms with Crippen molar-refractivity contribution in [2.75, 3.05) is 25.6 Å². The Hall–Kier alpha value is -1.40. The van der Waals surface area contributed by atoms with Crippen LogP contribution in [0.4, 0.5) is 0 Å². The summed E-state index contributed by atoms with van der Waals surface area (Å²) in [5.74, 6) is 0.128. The monoisotopic (exact) mass is 257 g/mol. The summed E-state index contributed by atoms with van der Waals surface area (Å²) in [5, 5.41) is 5.94. The molecule has 0 spiro atoms. The normalized spacial score (nSPS) is 20.3. The third-order valence-corrected chi connectivity index (χ3v) is 2.84. The summed E-state index contributed by atoms with van der Waals surface area (Å²) in [6.07, 6.45) is -0.142. The number of aromatic nitrogens is 2. The summed E-state index contributed by atoms with van der Waals surface area (Å²) in [7, 11) is 0. The van der Waals surface area contributed by atoms with Crippen molar-refractivity contribution in [2.24, 2.45) is 0 Å². The van der Waals surface area contributed by atoms with E-state index in [0.717, 1.165) is 0 Å². The smallest absolute Gasteiger partial charge is 0.274 e. The van der Waals surface area contributed by atoms with Gasteiger partial charge < -0.3 is 9.64 Å². The summed E-state index contributed by atoms with van der Waals surface area (Å²) in [6, 6.07) is 2.69. The third kappa shape index (κ3) is 2.83. The minimum Gasteiger partial charge on any atom is -0.373 e. The molecular formula is C10H12ClN3O3. The van der Waals surface area contributed by atoms with Gasteiger partial charge in [0.25, 0.3) is 11.5 Å². The van der Waals surface area contributed by atoms with Crippen molar-refractivity contribution in [2.45, 2.75) is 6.10 Å². The van der Waals surface area contributed by atoms with Crippen molar-refractivity contribution < 1.29 is 9.53 Å². The molecule has 1 saturated heterocycles. The largest absolute Gasteiger partial charge is 0.373 e. The van der Waals surface area contributed by atoms with Gasteiger partial charge in [0.2, 0.25) is 0 Å². The van der Waals surface area contributed by atoms with Crippen molar-refractivity contribution in [3.8, 4) is 0 Å². The van der Waals surface area contributed by atoms with Gasteiger partial charge in [-0.25, -0.2) is 5.10 Å². The van der Waals surface area contributed by atoms with E-state index < -0.39 is 0 Å². The molecule has 1 aromatic heterocycles. The maximum Gasteiger partial charge on any atom is 0.274 e. The van der Waals surface area contributed by atoms with Crippen LogP contribution >= 0.6 is 11.6 Å². The number of hydrogen-bond donors (Lipinski definition) is 1. The first kappa shape index (κ1) is 12.1. The number of morpholine rings is 1. The first-order valence-corrected chi connectivity index (χ1v) is 5.76. The number of alkyl halides is 1. The van der Waals surface area contributed by atoms with Crippen molar-refractivity contribution in [3.05, 3.63) is 28.2 Å². The topological polar surface area (TPSA) is 75.3 Å². The Labute approximate surface area is 103 Å². The first-order valence-electron chi connectivity index (χ1n) is 5.23. The molecule has 1 atom stereocenters. The van der Waals surface area contributed by atoms with Gasteiger partial charge in [0, 0.05) is 19.2 Å². The van der Waals surface area contributed by atoms with E-state index in [2.05, 4.69) is 10.2 Å². The van der Waals surface area contributed by atoms with Crippen LogP contribution < -0.4 is 5.56 Å². The highest BCUT2D eigenvalue weighted by atomic mass is 35.5. The third-order valence-electron chi connectivity index (χ3n) is 2.50. The van der Waals surface area contributed by atoms with Crippen molar-refractivity contribution in [1.82, 2.24) is 15.1 Å². The van der Waals surface area contributed by atoms with Gasteiger partial charge in [-0.3, -0.25) is 9.59 Å². The number of H-pyrrole nitrogens is 1. The van der Waals surface area contributed by atoms with Crippen molar-refractivity contribution in [1.29, 1.82) is 0 Å². The quantitative estimate of drug-likeness (QED) is 0.748. The molecular weight excluding hydrogens is 246 g/mol. The average molecular weight is 258 g/mol. The van der Waals surface area contributed by atoms with Crippen LogP contribution in [0.2, 0.25) is 0 Å². The van der Waals surface area contributed by atoms with Gasteiger partial charge in [0.15, 0.2) is 0 Å². The fraction of sp³-hybridized carbons (Fsp3) is 0.500. The number of carbonyl (C=O) groups excluding carboxylic acids is 1. The average Bonchev–Trinajstić information content (AvgIpc) is 2.39. The van der Waals surface area contributed by atoms with Gasteiger partial charge in [-0.2, -0.15) is 5.10 Å². The van der Waals surface area contributed by atoms with E-state index in [1.54, 1.807) is 4.90 Å². The zero-order valence-electron chi connectivity index (χ0n) is 9.06. The second-order valence-electron chi connectivity index (χ2n) is 3.70. The molecule has 0 aliphatic carbocycles. The van der Waals surface area contributed by atoms with Gasteiger partial charge >= 0.3 is 0 Å². The summed E-state index contributed by atoms with van der Waals surface area (Å²) in [5.41, 5.74) is -0.109. The molecule has 7 heteroatoms. The van der Waals surface area contributed by atoms with Crippen molar-refractivity contribution >= 4 is 17.5 Å². The van der Waals surface area contributed by atoms with Gasteiger partial charge in [-0.05, 0) is 6.07 Å². The summed E-state index contributed by atoms with van der Waals surface area (Å²) >= 11 is 5.69. The van der Waals surface area contributed by atoms with E-state index in [1.165, 1.54) is 12.1 Å². The van der Waals surface area contributed by atoms with E-state index in [0.29, 0.717) is 25.6 Å². The highest BCUT2D eigenvalue weighted by molar-refractivity contribution is 6.18. The van der Waals surface area contributed by atoms with Gasteiger partial charge in [0.1, 0.15) is 5.69 Å². The molecule has 1 N–H and O–H groups in total. The Bertz CT molecular complexity index is 442. The highest BCUT2D eigenvalue weighted by Gasteiger charge is 2.25. The maximum absolute atomic E-state index is 12.0. The number of rotatable bonds is 2. The number of nitrogens with zero attached hydrogens (tertiary/aromatic N) is 2. The van der Waals surface area contributed by atoms with Crippen LogP contribution in [0.3, 0.4) is 0 Å². The van der Waals surface area contributed by atoms with E-state index in [-0.39, 0.29) is 23.3 Å². The lowest BCUT2D eigenvalue weighted by Crippen LogP contribution is -2.46. The molecule has 0 bridgehead atoms. The number of carbonyl (C=O) groups is 1. The first-order chi connectivity index (χ1) is 8.20. The summed E-state index contributed by atoms with van der Waals surface area (Å²) < 4.78 is 5.36. The maximum atomic E-state index is 12.0. The molecule has 1 unspecified atom stereocenters. The van der Waals surface area contributed by atoms with Gasteiger partial charge in [-0.15, -0.1) is 11.6 Å². The van der Waals surface area contributed by atoms with Crippen LogP contribution in [-0.2, 0) is 4.74 Å². The number of hydrogen-bond acceptors (Lipinski definition) is 4. The van der Waals surface area contributed by atoms with Crippen LogP contribution in [0, 0.1) is 0 Å². The lowest BCUT2D eigenvalue weighted by Gasteiger charge is -2.31. The Morgan fingerprint density at radius 1 is 1.65 bits per heavy atom. The number of halogens is 1. The van der Waals surface area contributed by atoms with Gasteiger partial charge in [0.05, 0.1) is 18.6 Å². The molecule has 2 heterocycles. The molecule has 6 nitrogen and oxygen atoms in total. The van der Waals surface area contributed by atoms with Crippen LogP contribution in [-0.4, -0.2) is 52.7 Å². The fourth-order valence-corrected chi connectivity index (χ4v) is 1.81.